The smallest absolute Gasteiger partial charge is 0.207 e. The van der Waals surface area contributed by atoms with Crippen LogP contribution in [0.25, 0.3) is 0 Å². The molecule has 0 atom stereocenters. The second kappa shape index (κ2) is 5.14. The van der Waals surface area contributed by atoms with Crippen molar-refractivity contribution in [2.24, 2.45) is 0 Å². The Morgan fingerprint density at radius 1 is 1.53 bits per heavy atom. The van der Waals surface area contributed by atoms with Gasteiger partial charge in [0.05, 0.1) is 5.69 Å². The monoisotopic (exact) mass is 295 g/mol. The van der Waals surface area contributed by atoms with Crippen molar-refractivity contribution in [1.82, 2.24) is 9.55 Å². The van der Waals surface area contributed by atoms with Crippen LogP contribution in [0.15, 0.2) is 47.7 Å². The Balaban J connectivity index is 2.25. The predicted molar refractivity (Wildman–Crippen MR) is 69.8 cm³/mol. The van der Waals surface area contributed by atoms with Crippen LogP contribution in [0.2, 0.25) is 0 Å². The number of anilines is 2. The first-order valence-electron chi connectivity index (χ1n) is 5.05. The molecule has 5 heteroatoms. The Morgan fingerprint density at radius 3 is 3.06 bits per heavy atom. The molecule has 1 N–H and O–H groups in total. The van der Waals surface area contributed by atoms with E-state index in [1.54, 1.807) is 30.6 Å². The zero-order valence-corrected chi connectivity index (χ0v) is 10.6. The molecule has 1 aromatic carbocycles. The summed E-state index contributed by atoms with van der Waals surface area (Å²) in [6.45, 7) is 4.28. The lowest BCUT2D eigenvalue weighted by Crippen LogP contribution is -2.03. The standard InChI is InChI=1S/C12H11BrFN3/c1-2-6-17-7-5-15-12(17)16-11-4-3-9(13)8-10(11)14/h2-5,7-8H,1,6H2,(H,15,16). The summed E-state index contributed by atoms with van der Waals surface area (Å²) in [7, 11) is 0. The van der Waals surface area contributed by atoms with Crippen molar-refractivity contribution in [3.8, 4) is 0 Å². The first-order chi connectivity index (χ1) is 8.20. The van der Waals surface area contributed by atoms with Crippen LogP contribution in [0.4, 0.5) is 16.0 Å². The highest BCUT2D eigenvalue weighted by atomic mass is 79.9. The summed E-state index contributed by atoms with van der Waals surface area (Å²) in [6, 6.07) is 4.83. The molecule has 1 heterocycles. The van der Waals surface area contributed by atoms with Crippen molar-refractivity contribution in [3.63, 3.8) is 0 Å². The Bertz CT molecular complexity index is 536. The first kappa shape index (κ1) is 11.9. The van der Waals surface area contributed by atoms with Crippen molar-refractivity contribution >= 4 is 27.6 Å². The highest BCUT2D eigenvalue weighted by Crippen LogP contribution is 2.22. The van der Waals surface area contributed by atoms with Crippen LogP contribution in [-0.2, 0) is 6.54 Å². The molecule has 0 aliphatic rings. The molecule has 0 amide bonds. The molecule has 1 aromatic heterocycles. The van der Waals surface area contributed by atoms with E-state index in [1.165, 1.54) is 6.07 Å². The minimum Gasteiger partial charge on any atom is -0.323 e. The van der Waals surface area contributed by atoms with Crippen LogP contribution >= 0.6 is 15.9 Å². The molecule has 0 aliphatic carbocycles. The normalized spacial score (nSPS) is 10.2. The molecular formula is C12H11BrFN3. The average molecular weight is 296 g/mol. The number of aromatic nitrogens is 2. The lowest BCUT2D eigenvalue weighted by Gasteiger charge is -2.08. The quantitative estimate of drug-likeness (QED) is 0.872. The van der Waals surface area contributed by atoms with E-state index in [1.807, 2.05) is 4.57 Å². The van der Waals surface area contributed by atoms with Crippen LogP contribution in [0.5, 0.6) is 0 Å². The molecule has 3 nitrogen and oxygen atoms in total. The third kappa shape index (κ3) is 2.74. The minimum atomic E-state index is -0.326. The second-order valence-electron chi connectivity index (χ2n) is 3.44. The van der Waals surface area contributed by atoms with Gasteiger partial charge in [0, 0.05) is 23.4 Å². The van der Waals surface area contributed by atoms with Gasteiger partial charge in [-0.3, -0.25) is 0 Å². The van der Waals surface area contributed by atoms with Gasteiger partial charge in [0.25, 0.3) is 0 Å². The van der Waals surface area contributed by atoms with E-state index in [0.29, 0.717) is 22.7 Å². The molecule has 0 spiro atoms. The topological polar surface area (TPSA) is 29.9 Å². The fourth-order valence-corrected chi connectivity index (χ4v) is 1.76. The fraction of sp³-hybridized carbons (Fsp3) is 0.0833. The maximum absolute atomic E-state index is 13.6. The zero-order valence-electron chi connectivity index (χ0n) is 9.03. The van der Waals surface area contributed by atoms with Crippen molar-refractivity contribution in [2.45, 2.75) is 6.54 Å². The summed E-state index contributed by atoms with van der Waals surface area (Å²) >= 11 is 3.21. The van der Waals surface area contributed by atoms with E-state index in [0.717, 1.165) is 0 Å². The van der Waals surface area contributed by atoms with Gasteiger partial charge in [-0.1, -0.05) is 22.0 Å². The summed E-state index contributed by atoms with van der Waals surface area (Å²) in [5.41, 5.74) is 0.393. The number of allylic oxidation sites excluding steroid dienone is 1. The number of nitrogens with one attached hydrogen (secondary N) is 1. The molecule has 2 aromatic rings. The van der Waals surface area contributed by atoms with Gasteiger partial charge in [0.1, 0.15) is 5.82 Å². The van der Waals surface area contributed by atoms with Gasteiger partial charge in [0.2, 0.25) is 5.95 Å². The molecule has 0 saturated carbocycles. The third-order valence-electron chi connectivity index (χ3n) is 2.22. The van der Waals surface area contributed by atoms with Gasteiger partial charge >= 0.3 is 0 Å². The van der Waals surface area contributed by atoms with Crippen LogP contribution in [-0.4, -0.2) is 9.55 Å². The van der Waals surface area contributed by atoms with E-state index in [-0.39, 0.29) is 5.82 Å². The van der Waals surface area contributed by atoms with E-state index < -0.39 is 0 Å². The van der Waals surface area contributed by atoms with Crippen molar-refractivity contribution in [2.75, 3.05) is 5.32 Å². The maximum atomic E-state index is 13.6. The zero-order chi connectivity index (χ0) is 12.3. The highest BCUT2D eigenvalue weighted by Gasteiger charge is 2.06. The number of nitrogens with zero attached hydrogens (tertiary/aromatic N) is 2. The van der Waals surface area contributed by atoms with Crippen LogP contribution in [0.3, 0.4) is 0 Å². The van der Waals surface area contributed by atoms with Crippen molar-refractivity contribution in [3.05, 3.63) is 53.5 Å². The molecular weight excluding hydrogens is 285 g/mol. The Labute approximate surface area is 107 Å². The number of hydrogen-bond acceptors (Lipinski definition) is 2. The number of rotatable bonds is 4. The summed E-state index contributed by atoms with van der Waals surface area (Å²) in [6.07, 6.45) is 5.22. The second-order valence-corrected chi connectivity index (χ2v) is 4.36. The van der Waals surface area contributed by atoms with Gasteiger partial charge in [-0.15, -0.1) is 6.58 Å². The van der Waals surface area contributed by atoms with E-state index in [4.69, 9.17) is 0 Å². The van der Waals surface area contributed by atoms with Gasteiger partial charge in [-0.25, -0.2) is 9.37 Å². The number of halogens is 2. The molecule has 2 rings (SSSR count). The Kier molecular flexibility index (Phi) is 3.58. The average Bonchev–Trinajstić information content (AvgIpc) is 2.71. The SMILES string of the molecule is C=CCn1ccnc1Nc1ccc(Br)cc1F. The van der Waals surface area contributed by atoms with E-state index >= 15 is 0 Å². The molecule has 0 saturated heterocycles. The molecule has 0 radical (unpaired) electrons. The summed E-state index contributed by atoms with van der Waals surface area (Å²) in [5, 5.41) is 2.94. The summed E-state index contributed by atoms with van der Waals surface area (Å²) in [4.78, 5) is 4.12. The summed E-state index contributed by atoms with van der Waals surface area (Å²) < 4.78 is 16.2. The lowest BCUT2D eigenvalue weighted by atomic mass is 10.3. The molecule has 0 fully saturated rings. The first-order valence-corrected chi connectivity index (χ1v) is 5.84. The molecule has 0 bridgehead atoms. The predicted octanol–water partition coefficient (Wildman–Crippen LogP) is 3.71. The highest BCUT2D eigenvalue weighted by molar-refractivity contribution is 9.10. The Morgan fingerprint density at radius 2 is 2.35 bits per heavy atom. The minimum absolute atomic E-state index is 0.326. The number of benzene rings is 1. The number of hydrogen-bond donors (Lipinski definition) is 1. The summed E-state index contributed by atoms with van der Waals surface area (Å²) in [5.74, 6) is 0.263. The molecule has 17 heavy (non-hydrogen) atoms. The van der Waals surface area contributed by atoms with Gasteiger partial charge < -0.3 is 9.88 Å². The fourth-order valence-electron chi connectivity index (χ4n) is 1.43. The largest absolute Gasteiger partial charge is 0.323 e. The maximum Gasteiger partial charge on any atom is 0.207 e. The third-order valence-corrected chi connectivity index (χ3v) is 2.71. The molecule has 88 valence electrons. The van der Waals surface area contributed by atoms with Crippen LogP contribution < -0.4 is 5.32 Å². The Hall–Kier alpha value is -1.62. The van der Waals surface area contributed by atoms with E-state index in [2.05, 4.69) is 32.8 Å². The van der Waals surface area contributed by atoms with Gasteiger partial charge in [0.15, 0.2) is 0 Å². The molecule has 0 aliphatic heterocycles. The van der Waals surface area contributed by atoms with Crippen LogP contribution in [0.1, 0.15) is 0 Å². The van der Waals surface area contributed by atoms with Gasteiger partial charge in [-0.2, -0.15) is 0 Å². The molecule has 0 unspecified atom stereocenters. The van der Waals surface area contributed by atoms with Gasteiger partial charge in [-0.05, 0) is 18.2 Å². The number of imidazole rings is 1. The van der Waals surface area contributed by atoms with Crippen molar-refractivity contribution < 1.29 is 4.39 Å². The van der Waals surface area contributed by atoms with Crippen molar-refractivity contribution in [1.29, 1.82) is 0 Å². The van der Waals surface area contributed by atoms with E-state index in [9.17, 15) is 4.39 Å². The lowest BCUT2D eigenvalue weighted by molar-refractivity contribution is 0.630. The van der Waals surface area contributed by atoms with Crippen LogP contribution in [0, 0.1) is 5.82 Å².